The summed E-state index contributed by atoms with van der Waals surface area (Å²) in [6.45, 7) is 1.82. The number of ether oxygens (including phenoxy) is 1. The molecule has 0 unspecified atom stereocenters. The molecule has 5 nitrogen and oxygen atoms in total. The van der Waals surface area contributed by atoms with Gasteiger partial charge in [-0.2, -0.15) is 0 Å². The molecular formula is C12H13N3O2. The molecule has 5 heteroatoms. The molecule has 1 heterocycles. The van der Waals surface area contributed by atoms with Crippen LogP contribution in [0.15, 0.2) is 24.3 Å². The molecule has 0 radical (unpaired) electrons. The van der Waals surface area contributed by atoms with Gasteiger partial charge in [0.05, 0.1) is 12.7 Å². The van der Waals surface area contributed by atoms with Crippen molar-refractivity contribution in [2.45, 2.75) is 6.92 Å². The molecule has 0 bridgehead atoms. The van der Waals surface area contributed by atoms with Gasteiger partial charge in [0.15, 0.2) is 0 Å². The van der Waals surface area contributed by atoms with E-state index in [4.69, 9.17) is 10.6 Å². The Hall–Kier alpha value is -2.14. The van der Waals surface area contributed by atoms with E-state index < -0.39 is 0 Å². The number of fused-ring (bicyclic) bond motifs is 1. The first-order chi connectivity index (χ1) is 8.17. The van der Waals surface area contributed by atoms with Gasteiger partial charge in [-0.15, -0.1) is 0 Å². The number of carbonyl (C=O) groups is 1. The molecule has 3 N–H and O–H groups in total. The topological polar surface area (TPSA) is 77.2 Å². The highest BCUT2D eigenvalue weighted by atomic mass is 16.5. The summed E-state index contributed by atoms with van der Waals surface area (Å²) in [4.78, 5) is 16.1. The van der Waals surface area contributed by atoms with Crippen LogP contribution in [0.2, 0.25) is 0 Å². The molecular weight excluding hydrogens is 218 g/mol. The normalized spacial score (nSPS) is 10.3. The minimum atomic E-state index is -0.339. The average molecular weight is 231 g/mol. The molecule has 0 atom stereocenters. The smallest absolute Gasteiger partial charge is 0.265 e. The minimum absolute atomic E-state index is 0.339. The van der Waals surface area contributed by atoms with Crippen molar-refractivity contribution in [3.8, 4) is 5.75 Å². The van der Waals surface area contributed by atoms with Crippen LogP contribution in [0.3, 0.4) is 0 Å². The van der Waals surface area contributed by atoms with E-state index >= 15 is 0 Å². The first-order valence-corrected chi connectivity index (χ1v) is 5.12. The molecule has 0 aliphatic heterocycles. The maximum atomic E-state index is 11.7. The van der Waals surface area contributed by atoms with Gasteiger partial charge in [0, 0.05) is 11.1 Å². The number of para-hydroxylation sites is 1. The number of benzene rings is 1. The van der Waals surface area contributed by atoms with E-state index in [1.807, 2.05) is 19.1 Å². The van der Waals surface area contributed by atoms with E-state index in [1.54, 1.807) is 19.2 Å². The number of nitrogens with one attached hydrogen (secondary N) is 1. The number of nitrogens with two attached hydrogens (primary N) is 1. The maximum absolute atomic E-state index is 11.7. The molecule has 0 saturated heterocycles. The molecule has 88 valence electrons. The quantitative estimate of drug-likeness (QED) is 0.462. The number of carbonyl (C=O) groups excluding carboxylic acids is 1. The van der Waals surface area contributed by atoms with E-state index in [2.05, 4.69) is 10.4 Å². The number of pyridine rings is 1. The third-order valence-electron chi connectivity index (χ3n) is 2.53. The molecule has 0 spiro atoms. The molecule has 2 aromatic rings. The first-order valence-electron chi connectivity index (χ1n) is 5.12. The fourth-order valence-corrected chi connectivity index (χ4v) is 1.78. The Morgan fingerprint density at radius 2 is 2.24 bits per heavy atom. The van der Waals surface area contributed by atoms with Crippen molar-refractivity contribution < 1.29 is 9.53 Å². The van der Waals surface area contributed by atoms with Crippen LogP contribution in [0.25, 0.3) is 10.9 Å². The number of hydrazine groups is 1. The summed E-state index contributed by atoms with van der Waals surface area (Å²) in [6, 6.07) is 7.13. The van der Waals surface area contributed by atoms with Crippen molar-refractivity contribution >= 4 is 16.8 Å². The van der Waals surface area contributed by atoms with Crippen molar-refractivity contribution in [1.82, 2.24) is 10.4 Å². The maximum Gasteiger partial charge on any atom is 0.265 e. The van der Waals surface area contributed by atoms with Gasteiger partial charge in [-0.05, 0) is 19.1 Å². The van der Waals surface area contributed by atoms with E-state index in [0.29, 0.717) is 16.8 Å². The molecule has 17 heavy (non-hydrogen) atoms. The Labute approximate surface area is 98.6 Å². The third kappa shape index (κ3) is 1.92. The molecule has 1 aromatic carbocycles. The van der Waals surface area contributed by atoms with E-state index in [0.717, 1.165) is 11.1 Å². The third-order valence-corrected chi connectivity index (χ3v) is 2.53. The van der Waals surface area contributed by atoms with Crippen molar-refractivity contribution in [3.05, 3.63) is 35.5 Å². The highest BCUT2D eigenvalue weighted by molar-refractivity contribution is 6.07. The highest BCUT2D eigenvalue weighted by Gasteiger charge is 2.13. The molecule has 0 fully saturated rings. The number of nitrogens with zero attached hydrogens (tertiary/aromatic N) is 1. The van der Waals surface area contributed by atoms with Gasteiger partial charge in [0.2, 0.25) is 0 Å². The van der Waals surface area contributed by atoms with Gasteiger partial charge in [0.1, 0.15) is 11.3 Å². The van der Waals surface area contributed by atoms with Crippen LogP contribution >= 0.6 is 0 Å². The molecule has 0 aliphatic rings. The van der Waals surface area contributed by atoms with Crippen LogP contribution in [0.5, 0.6) is 5.75 Å². The Bertz CT molecular complexity index is 581. The van der Waals surface area contributed by atoms with Crippen molar-refractivity contribution in [3.63, 3.8) is 0 Å². The van der Waals surface area contributed by atoms with E-state index in [1.165, 1.54) is 0 Å². The Morgan fingerprint density at radius 1 is 1.47 bits per heavy atom. The lowest BCUT2D eigenvalue weighted by Gasteiger charge is -2.09. The number of nitrogen functional groups attached to an aromatic ring is 1. The van der Waals surface area contributed by atoms with Gasteiger partial charge >= 0.3 is 0 Å². The Morgan fingerprint density at radius 3 is 2.88 bits per heavy atom. The number of methoxy groups -OCH3 is 1. The second-order valence-corrected chi connectivity index (χ2v) is 3.64. The standard InChI is InChI=1S/C12H13N3O2/c1-7-6-9(12(16)15-13)8-4-3-5-10(17-2)11(8)14-7/h3-6H,13H2,1-2H3,(H,15,16). The zero-order valence-corrected chi connectivity index (χ0v) is 9.65. The highest BCUT2D eigenvalue weighted by Crippen LogP contribution is 2.26. The molecule has 2 rings (SSSR count). The van der Waals surface area contributed by atoms with E-state index in [-0.39, 0.29) is 5.91 Å². The second-order valence-electron chi connectivity index (χ2n) is 3.64. The minimum Gasteiger partial charge on any atom is -0.494 e. The zero-order chi connectivity index (χ0) is 12.4. The summed E-state index contributed by atoms with van der Waals surface area (Å²) in [5, 5.41) is 0.720. The summed E-state index contributed by atoms with van der Waals surface area (Å²) >= 11 is 0. The van der Waals surface area contributed by atoms with Crippen LogP contribution in [0, 0.1) is 6.92 Å². The SMILES string of the molecule is COc1cccc2c(C(=O)NN)cc(C)nc12. The summed E-state index contributed by atoms with van der Waals surface area (Å²) < 4.78 is 5.23. The molecule has 0 aliphatic carbocycles. The van der Waals surface area contributed by atoms with Crippen LogP contribution < -0.4 is 16.0 Å². The van der Waals surface area contributed by atoms with Crippen LogP contribution in [-0.4, -0.2) is 18.0 Å². The fourth-order valence-electron chi connectivity index (χ4n) is 1.78. The van der Waals surface area contributed by atoms with Gasteiger partial charge in [-0.25, -0.2) is 10.8 Å². The van der Waals surface area contributed by atoms with Gasteiger partial charge in [-0.1, -0.05) is 12.1 Å². The Balaban J connectivity index is 2.81. The largest absolute Gasteiger partial charge is 0.494 e. The average Bonchev–Trinajstić information content (AvgIpc) is 2.36. The predicted molar refractivity (Wildman–Crippen MR) is 64.7 cm³/mol. The monoisotopic (exact) mass is 231 g/mol. The summed E-state index contributed by atoms with van der Waals surface area (Å²) in [5.41, 5.74) is 4.02. The predicted octanol–water partition coefficient (Wildman–Crippen LogP) is 1.16. The van der Waals surface area contributed by atoms with Crippen molar-refractivity contribution in [1.29, 1.82) is 0 Å². The van der Waals surface area contributed by atoms with Gasteiger partial charge in [0.25, 0.3) is 5.91 Å². The number of amides is 1. The second kappa shape index (κ2) is 4.39. The number of aryl methyl sites for hydroxylation is 1. The molecule has 1 amide bonds. The van der Waals surface area contributed by atoms with Gasteiger partial charge in [-0.3, -0.25) is 10.2 Å². The fraction of sp³-hybridized carbons (Fsp3) is 0.167. The van der Waals surface area contributed by atoms with Crippen LogP contribution in [-0.2, 0) is 0 Å². The Kier molecular flexibility index (Phi) is 2.93. The number of aromatic nitrogens is 1. The van der Waals surface area contributed by atoms with Crippen LogP contribution in [0.4, 0.5) is 0 Å². The number of hydrogen-bond acceptors (Lipinski definition) is 4. The lowest BCUT2D eigenvalue weighted by molar-refractivity contribution is 0.0955. The zero-order valence-electron chi connectivity index (χ0n) is 9.65. The summed E-state index contributed by atoms with van der Waals surface area (Å²) in [6.07, 6.45) is 0. The summed E-state index contributed by atoms with van der Waals surface area (Å²) in [7, 11) is 1.57. The number of rotatable bonds is 2. The first kappa shape index (κ1) is 11.3. The van der Waals surface area contributed by atoms with Gasteiger partial charge < -0.3 is 4.74 Å². The number of hydrogen-bond donors (Lipinski definition) is 2. The lowest BCUT2D eigenvalue weighted by Crippen LogP contribution is -2.30. The summed E-state index contributed by atoms with van der Waals surface area (Å²) in [5.74, 6) is 5.46. The van der Waals surface area contributed by atoms with Crippen molar-refractivity contribution in [2.24, 2.45) is 5.84 Å². The molecule has 1 aromatic heterocycles. The van der Waals surface area contributed by atoms with Crippen LogP contribution in [0.1, 0.15) is 16.1 Å². The lowest BCUT2D eigenvalue weighted by atomic mass is 10.1. The van der Waals surface area contributed by atoms with E-state index in [9.17, 15) is 4.79 Å². The van der Waals surface area contributed by atoms with Crippen molar-refractivity contribution in [2.75, 3.05) is 7.11 Å². The molecule has 0 saturated carbocycles.